The number of carbonyl (C=O) groups is 1. The van der Waals surface area contributed by atoms with Gasteiger partial charge in [-0.2, -0.15) is 5.01 Å². The van der Waals surface area contributed by atoms with Crippen LogP contribution in [0.3, 0.4) is 0 Å². The quantitative estimate of drug-likeness (QED) is 0.236. The largest absolute Gasteiger partial charge is 0.338 e. The summed E-state index contributed by atoms with van der Waals surface area (Å²) in [5.41, 5.74) is 8.25. The van der Waals surface area contributed by atoms with Crippen LogP contribution in [0.1, 0.15) is 0 Å². The van der Waals surface area contributed by atoms with Gasteiger partial charge >= 0.3 is 6.03 Å². The van der Waals surface area contributed by atoms with Crippen LogP contribution in [0, 0.1) is 4.91 Å². The lowest BCUT2D eigenvalue weighted by Gasteiger charge is -2.08. The number of hydrogen-bond donors (Lipinski definition) is 0. The standard InChI is InChI=1S/C7H5N5O2/c8-10-9-7(13)12(11-14)6-4-2-1-3-5-6/h1-5H. The Hall–Kier alpha value is -2.40. The van der Waals surface area contributed by atoms with Crippen molar-refractivity contribution in [2.45, 2.75) is 0 Å². The molecule has 0 bridgehead atoms. The van der Waals surface area contributed by atoms with Crippen LogP contribution in [-0.2, 0) is 0 Å². The Labute approximate surface area is 78.5 Å². The van der Waals surface area contributed by atoms with Crippen LogP contribution in [-0.4, -0.2) is 6.03 Å². The Morgan fingerprint density at radius 3 is 2.50 bits per heavy atom. The van der Waals surface area contributed by atoms with Crippen LogP contribution < -0.4 is 5.01 Å². The number of benzene rings is 1. The van der Waals surface area contributed by atoms with Gasteiger partial charge in [-0.15, -0.1) is 4.91 Å². The molecular formula is C7H5N5O2. The maximum Gasteiger partial charge on any atom is 0.338 e. The second-order valence-corrected chi connectivity index (χ2v) is 2.20. The lowest BCUT2D eigenvalue weighted by atomic mass is 10.3. The van der Waals surface area contributed by atoms with E-state index in [4.69, 9.17) is 5.53 Å². The van der Waals surface area contributed by atoms with Crippen LogP contribution in [0.4, 0.5) is 10.5 Å². The predicted octanol–water partition coefficient (Wildman–Crippen LogP) is 2.60. The van der Waals surface area contributed by atoms with Crippen molar-refractivity contribution >= 4 is 11.7 Å². The fourth-order valence-corrected chi connectivity index (χ4v) is 0.842. The molecule has 0 radical (unpaired) electrons. The summed E-state index contributed by atoms with van der Waals surface area (Å²) in [4.78, 5) is 23.5. The van der Waals surface area contributed by atoms with Crippen molar-refractivity contribution in [1.29, 1.82) is 0 Å². The van der Waals surface area contributed by atoms with Gasteiger partial charge in [0.15, 0.2) is 0 Å². The number of hydrogen-bond acceptors (Lipinski definition) is 3. The van der Waals surface area contributed by atoms with E-state index in [1.807, 2.05) is 0 Å². The molecule has 0 fully saturated rings. The zero-order chi connectivity index (χ0) is 10.4. The second kappa shape index (κ2) is 4.58. The molecular weight excluding hydrogens is 186 g/mol. The van der Waals surface area contributed by atoms with Gasteiger partial charge in [-0.3, -0.25) is 4.79 Å². The monoisotopic (exact) mass is 191 g/mol. The Balaban J connectivity index is 2.99. The highest BCUT2D eigenvalue weighted by Crippen LogP contribution is 2.14. The van der Waals surface area contributed by atoms with Gasteiger partial charge in [0.05, 0.1) is 11.0 Å². The number of para-hydroxylation sites is 1. The summed E-state index contributed by atoms with van der Waals surface area (Å²) in [7, 11) is 0. The van der Waals surface area contributed by atoms with E-state index in [-0.39, 0.29) is 5.69 Å². The van der Waals surface area contributed by atoms with E-state index in [0.717, 1.165) is 0 Å². The molecule has 0 aliphatic rings. The van der Waals surface area contributed by atoms with Crippen molar-refractivity contribution in [3.05, 3.63) is 45.7 Å². The minimum absolute atomic E-state index is 0.250. The van der Waals surface area contributed by atoms with E-state index in [0.29, 0.717) is 5.01 Å². The normalized spacial score (nSPS) is 8.57. The molecule has 1 aromatic carbocycles. The zero-order valence-electron chi connectivity index (χ0n) is 6.94. The number of amides is 2. The molecule has 1 aromatic rings. The Morgan fingerprint density at radius 2 is 2.00 bits per heavy atom. The first kappa shape index (κ1) is 9.69. The van der Waals surface area contributed by atoms with Gasteiger partial charge in [-0.1, -0.05) is 18.2 Å². The fourth-order valence-electron chi connectivity index (χ4n) is 0.842. The van der Waals surface area contributed by atoms with Gasteiger partial charge in [0, 0.05) is 10.0 Å². The van der Waals surface area contributed by atoms with Crippen molar-refractivity contribution in [3.8, 4) is 0 Å². The third-order valence-electron chi connectivity index (χ3n) is 1.39. The summed E-state index contributed by atoms with van der Waals surface area (Å²) in [6, 6.07) is 6.88. The molecule has 1 rings (SSSR count). The summed E-state index contributed by atoms with van der Waals surface area (Å²) in [5, 5.41) is 5.66. The van der Waals surface area contributed by atoms with Crippen LogP contribution in [0.15, 0.2) is 40.7 Å². The van der Waals surface area contributed by atoms with Gasteiger partial charge in [0.25, 0.3) is 0 Å². The number of rotatable bonds is 2. The minimum Gasteiger partial charge on any atom is -0.265 e. The van der Waals surface area contributed by atoms with Crippen molar-refractivity contribution in [3.63, 3.8) is 0 Å². The van der Waals surface area contributed by atoms with Crippen molar-refractivity contribution < 1.29 is 4.79 Å². The third-order valence-corrected chi connectivity index (χ3v) is 1.39. The first-order valence-electron chi connectivity index (χ1n) is 3.57. The number of urea groups is 1. The summed E-state index contributed by atoms with van der Waals surface area (Å²) in [6.45, 7) is 0. The van der Waals surface area contributed by atoms with Gasteiger partial charge in [0.2, 0.25) is 0 Å². The number of carbonyl (C=O) groups excluding carboxylic acids is 1. The van der Waals surface area contributed by atoms with E-state index < -0.39 is 6.03 Å². The maximum absolute atomic E-state index is 11.0. The summed E-state index contributed by atoms with van der Waals surface area (Å²) < 4.78 is 0. The molecule has 0 N–H and O–H groups in total. The molecule has 2 amide bonds. The van der Waals surface area contributed by atoms with E-state index >= 15 is 0 Å². The molecule has 7 heteroatoms. The van der Waals surface area contributed by atoms with Gasteiger partial charge < -0.3 is 0 Å². The molecule has 7 nitrogen and oxygen atoms in total. The Morgan fingerprint density at radius 1 is 1.36 bits per heavy atom. The summed E-state index contributed by atoms with van der Waals surface area (Å²) in [6.07, 6.45) is 0. The first-order valence-corrected chi connectivity index (χ1v) is 3.57. The number of anilines is 1. The van der Waals surface area contributed by atoms with Gasteiger partial charge in [-0.25, -0.2) is 0 Å². The first-order chi connectivity index (χ1) is 6.79. The average Bonchev–Trinajstić information content (AvgIpc) is 2.21. The lowest BCUT2D eigenvalue weighted by Crippen LogP contribution is -2.20. The molecule has 0 aromatic heterocycles. The molecule has 0 saturated carbocycles. The summed E-state index contributed by atoms with van der Waals surface area (Å²) >= 11 is 0. The SMILES string of the molecule is [N-]=[N+]=NC(=O)N(N=O)c1ccccc1. The summed E-state index contributed by atoms with van der Waals surface area (Å²) in [5.74, 6) is 0. The third kappa shape index (κ3) is 2.05. The molecule has 14 heavy (non-hydrogen) atoms. The predicted molar refractivity (Wildman–Crippen MR) is 49.3 cm³/mol. The minimum atomic E-state index is -1.06. The lowest BCUT2D eigenvalue weighted by molar-refractivity contribution is 0.254. The molecule has 0 heterocycles. The molecule has 0 atom stereocenters. The van der Waals surface area contributed by atoms with E-state index in [2.05, 4.69) is 15.3 Å². The average molecular weight is 191 g/mol. The second-order valence-electron chi connectivity index (χ2n) is 2.20. The topological polar surface area (TPSA) is 98.5 Å². The Bertz CT molecular complexity index is 384. The van der Waals surface area contributed by atoms with Crippen LogP contribution >= 0.6 is 0 Å². The van der Waals surface area contributed by atoms with Crippen molar-refractivity contribution in [2.75, 3.05) is 5.01 Å². The molecule has 70 valence electrons. The highest BCUT2D eigenvalue weighted by Gasteiger charge is 2.13. The number of azide groups is 1. The van der Waals surface area contributed by atoms with E-state index in [9.17, 15) is 9.70 Å². The molecule has 0 aliphatic heterocycles. The van der Waals surface area contributed by atoms with Crippen LogP contribution in [0.2, 0.25) is 0 Å². The van der Waals surface area contributed by atoms with Crippen LogP contribution in [0.5, 0.6) is 0 Å². The number of nitroso groups, excluding NO2 is 1. The smallest absolute Gasteiger partial charge is 0.265 e. The molecule has 0 spiro atoms. The maximum atomic E-state index is 11.0. The highest BCUT2D eigenvalue weighted by atomic mass is 16.3. The molecule has 0 saturated heterocycles. The fraction of sp³-hybridized carbons (Fsp3) is 0. The van der Waals surface area contributed by atoms with E-state index in [1.165, 1.54) is 12.1 Å². The molecule has 0 aliphatic carbocycles. The van der Waals surface area contributed by atoms with Crippen molar-refractivity contribution in [2.24, 2.45) is 10.4 Å². The van der Waals surface area contributed by atoms with Gasteiger partial charge in [0.1, 0.15) is 0 Å². The Kier molecular flexibility index (Phi) is 3.17. The highest BCUT2D eigenvalue weighted by molar-refractivity contribution is 5.91. The van der Waals surface area contributed by atoms with Crippen molar-refractivity contribution in [1.82, 2.24) is 0 Å². The number of nitrogens with zero attached hydrogens (tertiary/aromatic N) is 5. The van der Waals surface area contributed by atoms with Gasteiger partial charge in [-0.05, 0) is 17.7 Å². The van der Waals surface area contributed by atoms with Crippen LogP contribution in [0.25, 0.3) is 10.4 Å². The van der Waals surface area contributed by atoms with E-state index in [1.54, 1.807) is 18.2 Å². The zero-order valence-corrected chi connectivity index (χ0v) is 6.94. The molecule has 0 unspecified atom stereocenters.